The van der Waals surface area contributed by atoms with Gasteiger partial charge in [-0.05, 0) is 98.2 Å². The quantitative estimate of drug-likeness (QED) is 0.359. The predicted molar refractivity (Wildman–Crippen MR) is 135 cm³/mol. The van der Waals surface area contributed by atoms with Crippen LogP contribution in [0.1, 0.15) is 67.2 Å². The Morgan fingerprint density at radius 3 is 2.64 bits per heavy atom. The van der Waals surface area contributed by atoms with Gasteiger partial charge in [-0.2, -0.15) is 5.10 Å². The third-order valence-electron chi connectivity index (χ3n) is 9.09. The van der Waals surface area contributed by atoms with Gasteiger partial charge in [0.2, 0.25) is 0 Å². The molecule has 2 aromatic carbocycles. The standard InChI is InChI=1S/C29H30FN3O3/c1-16-8-21(2-3-23(16)30)33-25-9-18-15-31-32-24(18)10-22(25)26(27(33)17-4-6-36-7-5-17)19-11-29(12-19)13-20(14-29)28(34)35/h2-3,8-10,15,17,19-20H,4-7,11-14H2,1H3,(H,31,32)(H,34,35). The van der Waals surface area contributed by atoms with E-state index >= 15 is 0 Å². The van der Waals surface area contributed by atoms with Crippen LogP contribution in [-0.4, -0.2) is 39.1 Å². The van der Waals surface area contributed by atoms with Crippen LogP contribution in [-0.2, 0) is 9.53 Å². The van der Waals surface area contributed by atoms with Crippen molar-refractivity contribution in [2.45, 2.75) is 57.3 Å². The number of fused-ring (bicyclic) bond motifs is 2. The van der Waals surface area contributed by atoms with Crippen molar-refractivity contribution in [2.24, 2.45) is 11.3 Å². The van der Waals surface area contributed by atoms with Crippen LogP contribution in [0.2, 0.25) is 0 Å². The molecule has 0 unspecified atom stereocenters. The van der Waals surface area contributed by atoms with Crippen LogP contribution in [0.15, 0.2) is 36.5 Å². The molecular weight excluding hydrogens is 457 g/mol. The molecule has 0 radical (unpaired) electrons. The van der Waals surface area contributed by atoms with Crippen LogP contribution in [0, 0.1) is 24.1 Å². The van der Waals surface area contributed by atoms with Crippen molar-refractivity contribution >= 4 is 27.8 Å². The van der Waals surface area contributed by atoms with Gasteiger partial charge in [-0.3, -0.25) is 9.89 Å². The molecule has 0 amide bonds. The summed E-state index contributed by atoms with van der Waals surface area (Å²) in [5.41, 5.74) is 6.66. The fourth-order valence-electron chi connectivity index (χ4n) is 7.30. The van der Waals surface area contributed by atoms with Gasteiger partial charge in [0.25, 0.3) is 0 Å². The maximum atomic E-state index is 14.3. The Morgan fingerprint density at radius 2 is 1.92 bits per heavy atom. The zero-order valence-corrected chi connectivity index (χ0v) is 20.4. The highest BCUT2D eigenvalue weighted by Gasteiger charge is 2.56. The SMILES string of the molecule is Cc1cc(-n2c(C3CCOCC3)c(C3CC4(CC(C(=O)O)C4)C3)c3cc4[nH]ncc4cc32)ccc1F. The molecule has 7 rings (SSSR count). The number of H-pyrrole nitrogens is 1. The van der Waals surface area contributed by atoms with Crippen molar-refractivity contribution in [2.75, 3.05) is 13.2 Å². The lowest BCUT2D eigenvalue weighted by molar-refractivity contribution is -0.155. The van der Waals surface area contributed by atoms with Gasteiger partial charge in [-0.1, -0.05) is 0 Å². The van der Waals surface area contributed by atoms with E-state index in [1.54, 1.807) is 6.07 Å². The number of nitrogens with zero attached hydrogens (tertiary/aromatic N) is 2. The maximum Gasteiger partial charge on any atom is 0.306 e. The molecule has 0 bridgehead atoms. The Labute approximate surface area is 208 Å². The molecule has 3 aliphatic rings. The fraction of sp³-hybridized carbons (Fsp3) is 0.448. The van der Waals surface area contributed by atoms with Gasteiger partial charge >= 0.3 is 5.97 Å². The van der Waals surface area contributed by atoms with Crippen LogP contribution in [0.4, 0.5) is 4.39 Å². The molecule has 2 aromatic heterocycles. The third-order valence-corrected chi connectivity index (χ3v) is 9.09. The molecule has 1 saturated heterocycles. The molecule has 3 fully saturated rings. The number of aromatic amines is 1. The number of carbonyl (C=O) groups is 1. The Bertz CT molecular complexity index is 1500. The molecule has 1 aliphatic heterocycles. The third kappa shape index (κ3) is 3.25. The van der Waals surface area contributed by atoms with Crippen molar-refractivity contribution in [3.63, 3.8) is 0 Å². The largest absolute Gasteiger partial charge is 0.481 e. The van der Waals surface area contributed by atoms with Crippen LogP contribution < -0.4 is 0 Å². The number of carboxylic acid groups (broad SMARTS) is 1. The van der Waals surface area contributed by atoms with Crippen LogP contribution in [0.25, 0.3) is 27.5 Å². The highest BCUT2D eigenvalue weighted by atomic mass is 19.1. The Hall–Kier alpha value is -3.19. The zero-order valence-electron chi connectivity index (χ0n) is 20.4. The number of aromatic nitrogens is 3. The summed E-state index contributed by atoms with van der Waals surface area (Å²) in [7, 11) is 0. The molecule has 2 saturated carbocycles. The van der Waals surface area contributed by atoms with Crippen molar-refractivity contribution in [3.8, 4) is 5.69 Å². The van der Waals surface area contributed by atoms with E-state index in [0.29, 0.717) is 17.4 Å². The summed E-state index contributed by atoms with van der Waals surface area (Å²) >= 11 is 0. The predicted octanol–water partition coefficient (Wildman–Crippen LogP) is 6.21. The van der Waals surface area contributed by atoms with E-state index < -0.39 is 5.97 Å². The normalized spacial score (nSPS) is 26.4. The number of nitrogens with one attached hydrogen (secondary N) is 1. The van der Waals surface area contributed by atoms with E-state index in [4.69, 9.17) is 4.74 Å². The molecule has 7 heteroatoms. The summed E-state index contributed by atoms with van der Waals surface area (Å²) < 4.78 is 22.4. The molecule has 2 aliphatic carbocycles. The number of aryl methyl sites for hydroxylation is 1. The number of benzene rings is 2. The molecular formula is C29H30FN3O3. The summed E-state index contributed by atoms with van der Waals surface area (Å²) in [6, 6.07) is 9.84. The lowest BCUT2D eigenvalue weighted by atomic mass is 9.47. The number of aliphatic carboxylic acids is 1. The van der Waals surface area contributed by atoms with Crippen LogP contribution >= 0.6 is 0 Å². The minimum absolute atomic E-state index is 0.180. The molecule has 3 heterocycles. The van der Waals surface area contributed by atoms with E-state index in [-0.39, 0.29) is 17.2 Å². The number of ether oxygens (including phenoxy) is 1. The first-order chi connectivity index (χ1) is 17.4. The van der Waals surface area contributed by atoms with Crippen LogP contribution in [0.3, 0.4) is 0 Å². The number of hydrogen-bond acceptors (Lipinski definition) is 3. The van der Waals surface area contributed by atoms with Crippen molar-refractivity contribution in [1.82, 2.24) is 14.8 Å². The maximum absolute atomic E-state index is 14.3. The topological polar surface area (TPSA) is 80.1 Å². The number of rotatable bonds is 4. The smallest absolute Gasteiger partial charge is 0.306 e. The van der Waals surface area contributed by atoms with Crippen molar-refractivity contribution in [3.05, 3.63) is 59.2 Å². The lowest BCUT2D eigenvalue weighted by Gasteiger charge is -2.57. The van der Waals surface area contributed by atoms with E-state index in [2.05, 4.69) is 26.9 Å². The van der Waals surface area contributed by atoms with E-state index in [0.717, 1.165) is 73.8 Å². The Kier molecular flexibility index (Phi) is 4.84. The summed E-state index contributed by atoms with van der Waals surface area (Å²) in [6.07, 6.45) is 7.45. The van der Waals surface area contributed by atoms with E-state index in [1.165, 1.54) is 16.6 Å². The first-order valence-corrected chi connectivity index (χ1v) is 13.0. The number of halogens is 1. The first kappa shape index (κ1) is 22.0. The Balaban J connectivity index is 1.43. The molecule has 6 nitrogen and oxygen atoms in total. The summed E-state index contributed by atoms with van der Waals surface area (Å²) in [5, 5.41) is 19.1. The lowest BCUT2D eigenvalue weighted by Crippen LogP contribution is -2.49. The summed E-state index contributed by atoms with van der Waals surface area (Å²) in [4.78, 5) is 11.5. The highest BCUT2D eigenvalue weighted by molar-refractivity contribution is 5.99. The first-order valence-electron chi connectivity index (χ1n) is 13.0. The molecule has 1 spiro atoms. The molecule has 4 aromatic rings. The van der Waals surface area contributed by atoms with Gasteiger partial charge in [-0.15, -0.1) is 0 Å². The fourth-order valence-corrected chi connectivity index (χ4v) is 7.30. The Morgan fingerprint density at radius 1 is 1.14 bits per heavy atom. The molecule has 186 valence electrons. The highest BCUT2D eigenvalue weighted by Crippen LogP contribution is 2.65. The van der Waals surface area contributed by atoms with Crippen molar-refractivity contribution in [1.29, 1.82) is 0 Å². The van der Waals surface area contributed by atoms with Gasteiger partial charge in [0.1, 0.15) is 5.82 Å². The van der Waals surface area contributed by atoms with E-state index in [1.807, 2.05) is 25.3 Å². The van der Waals surface area contributed by atoms with Crippen LogP contribution in [0.5, 0.6) is 0 Å². The monoisotopic (exact) mass is 487 g/mol. The van der Waals surface area contributed by atoms with Gasteiger partial charge in [0.05, 0.1) is 23.1 Å². The average Bonchev–Trinajstić information content (AvgIpc) is 3.40. The number of carboxylic acids is 1. The second-order valence-electron chi connectivity index (χ2n) is 11.3. The molecule has 36 heavy (non-hydrogen) atoms. The summed E-state index contributed by atoms with van der Waals surface area (Å²) in [6.45, 7) is 3.31. The summed E-state index contributed by atoms with van der Waals surface area (Å²) in [5.74, 6) is -0.291. The molecule has 0 atom stereocenters. The van der Waals surface area contributed by atoms with Gasteiger partial charge in [0.15, 0.2) is 0 Å². The molecule has 2 N–H and O–H groups in total. The minimum Gasteiger partial charge on any atom is -0.481 e. The second-order valence-corrected chi connectivity index (χ2v) is 11.3. The van der Waals surface area contributed by atoms with Gasteiger partial charge in [-0.25, -0.2) is 4.39 Å². The minimum atomic E-state index is -0.656. The van der Waals surface area contributed by atoms with E-state index in [9.17, 15) is 14.3 Å². The second kappa shape index (κ2) is 7.90. The van der Waals surface area contributed by atoms with Crippen molar-refractivity contribution < 1.29 is 19.0 Å². The average molecular weight is 488 g/mol. The van der Waals surface area contributed by atoms with Gasteiger partial charge < -0.3 is 14.4 Å². The number of hydrogen-bond donors (Lipinski definition) is 2. The van der Waals surface area contributed by atoms with Gasteiger partial charge in [0, 0.05) is 41.3 Å². The zero-order chi connectivity index (χ0) is 24.6.